The van der Waals surface area contributed by atoms with E-state index < -0.39 is 23.3 Å². The molecule has 0 aromatic heterocycles. The van der Waals surface area contributed by atoms with Crippen LogP contribution in [0.25, 0.3) is 11.1 Å². The number of unbranched alkanes of at least 4 members (excludes halogenated alkanes) is 2. The molecule has 0 aliphatic rings. The molecular formula is C25H24F4O2. The van der Waals surface area contributed by atoms with Gasteiger partial charge in [0.2, 0.25) is 5.82 Å². The van der Waals surface area contributed by atoms with Crippen molar-refractivity contribution >= 4 is 0 Å². The van der Waals surface area contributed by atoms with Gasteiger partial charge in [0.25, 0.3) is 0 Å². The maximum absolute atomic E-state index is 14.5. The zero-order valence-electron chi connectivity index (χ0n) is 17.5. The Morgan fingerprint density at radius 3 is 2.03 bits per heavy atom. The van der Waals surface area contributed by atoms with Gasteiger partial charge in [0.05, 0.1) is 6.61 Å². The van der Waals surface area contributed by atoms with Gasteiger partial charge >= 0.3 is 0 Å². The summed E-state index contributed by atoms with van der Waals surface area (Å²) in [6, 6.07) is 11.4. The first-order valence-electron chi connectivity index (χ1n) is 10.3. The number of benzene rings is 3. The molecule has 0 aliphatic heterocycles. The molecule has 0 fully saturated rings. The van der Waals surface area contributed by atoms with Crippen LogP contribution in [-0.2, 0) is 6.42 Å². The summed E-state index contributed by atoms with van der Waals surface area (Å²) in [7, 11) is 0. The van der Waals surface area contributed by atoms with Gasteiger partial charge < -0.3 is 9.47 Å². The topological polar surface area (TPSA) is 18.5 Å². The second-order valence-corrected chi connectivity index (χ2v) is 7.17. The lowest BCUT2D eigenvalue weighted by atomic mass is 10.0. The van der Waals surface area contributed by atoms with E-state index in [1.54, 1.807) is 19.1 Å². The number of rotatable bonds is 9. The van der Waals surface area contributed by atoms with Crippen molar-refractivity contribution < 1.29 is 27.0 Å². The van der Waals surface area contributed by atoms with Crippen LogP contribution in [0.3, 0.4) is 0 Å². The first-order chi connectivity index (χ1) is 14.9. The van der Waals surface area contributed by atoms with Gasteiger partial charge in [-0.2, -0.15) is 4.39 Å². The highest BCUT2D eigenvalue weighted by atomic mass is 19.2. The van der Waals surface area contributed by atoms with E-state index in [0.717, 1.165) is 49.4 Å². The molecule has 0 atom stereocenters. The second kappa shape index (κ2) is 10.3. The molecule has 2 nitrogen and oxygen atoms in total. The van der Waals surface area contributed by atoms with E-state index in [1.807, 2.05) is 12.1 Å². The van der Waals surface area contributed by atoms with Crippen molar-refractivity contribution in [3.8, 4) is 28.4 Å². The molecule has 0 saturated heterocycles. The molecular weight excluding hydrogens is 408 g/mol. The molecule has 31 heavy (non-hydrogen) atoms. The van der Waals surface area contributed by atoms with Crippen LogP contribution >= 0.6 is 0 Å². The van der Waals surface area contributed by atoms with Crippen LogP contribution in [0.1, 0.15) is 38.7 Å². The molecule has 3 aromatic carbocycles. The maximum Gasteiger partial charge on any atom is 0.200 e. The fourth-order valence-electron chi connectivity index (χ4n) is 3.26. The highest BCUT2D eigenvalue weighted by Gasteiger charge is 2.17. The molecule has 0 heterocycles. The smallest absolute Gasteiger partial charge is 0.200 e. The zero-order chi connectivity index (χ0) is 22.4. The SMILES string of the molecule is CCCCCc1ccc(-c2cc(Oc3cc(F)c(F)c(OCC)c3)cc(F)c2F)cc1. The van der Waals surface area contributed by atoms with E-state index in [9.17, 15) is 17.6 Å². The third-order valence-electron chi connectivity index (χ3n) is 4.84. The van der Waals surface area contributed by atoms with Crippen molar-refractivity contribution in [3.05, 3.63) is 77.4 Å². The molecule has 0 spiro atoms. The number of halogens is 4. The third-order valence-corrected chi connectivity index (χ3v) is 4.84. The zero-order valence-corrected chi connectivity index (χ0v) is 17.5. The average Bonchev–Trinajstić information content (AvgIpc) is 2.75. The van der Waals surface area contributed by atoms with Crippen molar-refractivity contribution in [2.45, 2.75) is 39.5 Å². The Kier molecular flexibility index (Phi) is 7.55. The number of ether oxygens (including phenoxy) is 2. The minimum atomic E-state index is -1.16. The Bertz CT molecular complexity index is 1030. The monoisotopic (exact) mass is 432 g/mol. The van der Waals surface area contributed by atoms with Crippen LogP contribution < -0.4 is 9.47 Å². The summed E-state index contributed by atoms with van der Waals surface area (Å²) >= 11 is 0. The number of aryl methyl sites for hydroxylation is 1. The van der Waals surface area contributed by atoms with Crippen molar-refractivity contribution in [2.24, 2.45) is 0 Å². The van der Waals surface area contributed by atoms with Gasteiger partial charge in [-0.15, -0.1) is 0 Å². The van der Waals surface area contributed by atoms with Gasteiger partial charge in [-0.3, -0.25) is 0 Å². The number of hydrogen-bond acceptors (Lipinski definition) is 2. The molecule has 164 valence electrons. The van der Waals surface area contributed by atoms with Crippen LogP contribution in [-0.4, -0.2) is 6.61 Å². The summed E-state index contributed by atoms with van der Waals surface area (Å²) in [5.74, 6) is -4.88. The summed E-state index contributed by atoms with van der Waals surface area (Å²) in [5.41, 5.74) is 1.62. The van der Waals surface area contributed by atoms with Crippen molar-refractivity contribution in [3.63, 3.8) is 0 Å². The summed E-state index contributed by atoms with van der Waals surface area (Å²) < 4.78 is 66.9. The standard InChI is InChI=1S/C25H24F4O2/c1-3-5-6-7-16-8-10-17(11-9-16)20-12-18(13-21(26)24(20)28)31-19-14-22(27)25(29)23(15-19)30-4-2/h8-15H,3-7H2,1-2H3. The van der Waals surface area contributed by atoms with Gasteiger partial charge in [-0.25, -0.2) is 13.2 Å². The molecule has 0 amide bonds. The molecule has 0 unspecified atom stereocenters. The molecule has 0 saturated carbocycles. The van der Waals surface area contributed by atoms with Crippen LogP contribution in [0.2, 0.25) is 0 Å². The lowest BCUT2D eigenvalue weighted by Crippen LogP contribution is -1.99. The van der Waals surface area contributed by atoms with Crippen LogP contribution in [0.15, 0.2) is 48.5 Å². The Hall–Kier alpha value is -3.02. The average molecular weight is 432 g/mol. The highest BCUT2D eigenvalue weighted by Crippen LogP contribution is 2.34. The first-order valence-corrected chi connectivity index (χ1v) is 10.3. The van der Waals surface area contributed by atoms with Crippen LogP contribution in [0.4, 0.5) is 17.6 Å². The normalized spacial score (nSPS) is 10.9. The molecule has 3 rings (SSSR count). The second-order valence-electron chi connectivity index (χ2n) is 7.17. The van der Waals surface area contributed by atoms with E-state index >= 15 is 0 Å². The Balaban J connectivity index is 1.88. The third kappa shape index (κ3) is 5.57. The molecule has 0 radical (unpaired) electrons. The quantitative estimate of drug-likeness (QED) is 0.253. The van der Waals surface area contributed by atoms with Crippen LogP contribution in [0, 0.1) is 23.3 Å². The molecule has 0 bridgehead atoms. The minimum Gasteiger partial charge on any atom is -0.491 e. The molecule has 6 heteroatoms. The van der Waals surface area contributed by atoms with Crippen LogP contribution in [0.5, 0.6) is 17.2 Å². The highest BCUT2D eigenvalue weighted by molar-refractivity contribution is 5.66. The van der Waals surface area contributed by atoms with Crippen molar-refractivity contribution in [1.82, 2.24) is 0 Å². The maximum atomic E-state index is 14.5. The van der Waals surface area contributed by atoms with E-state index in [0.29, 0.717) is 5.56 Å². The van der Waals surface area contributed by atoms with Crippen molar-refractivity contribution in [1.29, 1.82) is 0 Å². The van der Waals surface area contributed by atoms with E-state index in [2.05, 4.69) is 6.92 Å². The summed E-state index contributed by atoms with van der Waals surface area (Å²) in [6.45, 7) is 3.89. The summed E-state index contributed by atoms with van der Waals surface area (Å²) in [6.07, 6.45) is 4.25. The number of hydrogen-bond donors (Lipinski definition) is 0. The van der Waals surface area contributed by atoms with Gasteiger partial charge in [0, 0.05) is 23.8 Å². The first kappa shape index (κ1) is 22.7. The predicted octanol–water partition coefficient (Wildman–Crippen LogP) is 7.83. The largest absolute Gasteiger partial charge is 0.491 e. The van der Waals surface area contributed by atoms with Gasteiger partial charge in [0.1, 0.15) is 11.5 Å². The Morgan fingerprint density at radius 1 is 0.742 bits per heavy atom. The van der Waals surface area contributed by atoms with Gasteiger partial charge in [-0.1, -0.05) is 44.0 Å². The van der Waals surface area contributed by atoms with Gasteiger partial charge in [-0.05, 0) is 37.0 Å². The summed E-state index contributed by atoms with van der Waals surface area (Å²) in [4.78, 5) is 0. The lowest BCUT2D eigenvalue weighted by Gasteiger charge is -2.12. The molecule has 0 aliphatic carbocycles. The minimum absolute atomic E-state index is 0.0164. The lowest BCUT2D eigenvalue weighted by molar-refractivity contribution is 0.311. The van der Waals surface area contributed by atoms with E-state index in [1.165, 1.54) is 6.07 Å². The van der Waals surface area contributed by atoms with E-state index in [-0.39, 0.29) is 29.4 Å². The fraction of sp³-hybridized carbons (Fsp3) is 0.280. The predicted molar refractivity (Wildman–Crippen MR) is 113 cm³/mol. The van der Waals surface area contributed by atoms with Gasteiger partial charge in [0.15, 0.2) is 23.2 Å². The Labute approximate surface area is 179 Å². The molecule has 3 aromatic rings. The Morgan fingerprint density at radius 2 is 1.39 bits per heavy atom. The summed E-state index contributed by atoms with van der Waals surface area (Å²) in [5, 5.41) is 0. The van der Waals surface area contributed by atoms with E-state index in [4.69, 9.17) is 9.47 Å². The van der Waals surface area contributed by atoms with Crippen molar-refractivity contribution in [2.75, 3.05) is 6.61 Å². The fourth-order valence-corrected chi connectivity index (χ4v) is 3.26. The molecule has 0 N–H and O–H groups in total.